The molecule has 0 bridgehead atoms. The summed E-state index contributed by atoms with van der Waals surface area (Å²) in [6, 6.07) is 12.9. The molecule has 1 heterocycles. The first-order valence-corrected chi connectivity index (χ1v) is 11.7. The van der Waals surface area contributed by atoms with Crippen LogP contribution in [0.1, 0.15) is 33.9 Å². The number of carboxylic acids is 1. The molecule has 1 aromatic heterocycles. The van der Waals surface area contributed by atoms with Gasteiger partial charge in [0.1, 0.15) is 0 Å². The Labute approximate surface area is 222 Å². The van der Waals surface area contributed by atoms with Crippen molar-refractivity contribution in [3.63, 3.8) is 0 Å². The number of carboxylic acid groups (broad SMARTS) is 1. The molecule has 10 nitrogen and oxygen atoms in total. The van der Waals surface area contributed by atoms with Crippen molar-refractivity contribution in [2.45, 2.75) is 19.0 Å². The van der Waals surface area contributed by atoms with Crippen LogP contribution in [0.4, 0.5) is 10.5 Å². The van der Waals surface area contributed by atoms with Crippen molar-refractivity contribution in [2.75, 3.05) is 11.9 Å². The number of aliphatic carboxylic acids is 1. The van der Waals surface area contributed by atoms with Gasteiger partial charge in [0, 0.05) is 40.2 Å². The molecule has 2 aromatic carbocycles. The second-order valence-corrected chi connectivity index (χ2v) is 8.72. The molecule has 0 saturated heterocycles. The van der Waals surface area contributed by atoms with Crippen LogP contribution >= 0.6 is 23.2 Å². The number of nitrogens with zero attached hydrogens (tertiary/aromatic N) is 1. The number of nitrogens with one attached hydrogen (secondary N) is 4. The Morgan fingerprint density at radius 1 is 0.919 bits per heavy atom. The summed E-state index contributed by atoms with van der Waals surface area (Å²) in [6.45, 7) is -0.110. The van der Waals surface area contributed by atoms with Gasteiger partial charge in [-0.2, -0.15) is 0 Å². The summed E-state index contributed by atoms with van der Waals surface area (Å²) in [5, 5.41) is 20.2. The van der Waals surface area contributed by atoms with E-state index in [1.54, 1.807) is 36.7 Å². The highest BCUT2D eigenvalue weighted by atomic mass is 35.5. The third kappa shape index (κ3) is 9.10. The minimum atomic E-state index is -1.14. The second-order valence-electron chi connectivity index (χ2n) is 7.85. The van der Waals surface area contributed by atoms with Crippen molar-refractivity contribution < 1.29 is 24.3 Å². The Kier molecular flexibility index (Phi) is 9.82. The number of hydrogen-bond acceptors (Lipinski definition) is 5. The Balaban J connectivity index is 1.54. The van der Waals surface area contributed by atoms with Gasteiger partial charge in [-0.1, -0.05) is 29.3 Å². The van der Waals surface area contributed by atoms with Crippen molar-refractivity contribution in [2.24, 2.45) is 0 Å². The van der Waals surface area contributed by atoms with Gasteiger partial charge >= 0.3 is 12.0 Å². The van der Waals surface area contributed by atoms with Gasteiger partial charge in [-0.05, 0) is 59.7 Å². The standard InChI is InChI=1S/C25H23Cl2N5O5/c26-18-8-17(9-19(27)11-18)21(12-23(34)35)32-22(33)14-29-24(36)16-2-1-3-20(10-16)31-25(37)30-13-15-4-6-28-7-5-15/h1-11,21H,12-14H2,(H,29,36)(H,32,33)(H,34,35)(H2,30,31,37). The Hall–Kier alpha value is -4.15. The highest BCUT2D eigenvalue weighted by molar-refractivity contribution is 6.34. The molecule has 0 aliphatic heterocycles. The van der Waals surface area contributed by atoms with Crippen molar-refractivity contribution in [1.29, 1.82) is 0 Å². The molecular weight excluding hydrogens is 521 g/mol. The molecule has 12 heteroatoms. The van der Waals surface area contributed by atoms with Crippen LogP contribution in [0, 0.1) is 0 Å². The molecule has 0 aliphatic rings. The van der Waals surface area contributed by atoms with Gasteiger partial charge in [-0.15, -0.1) is 0 Å². The van der Waals surface area contributed by atoms with Crippen LogP contribution in [0.5, 0.6) is 0 Å². The quantitative estimate of drug-likeness (QED) is 0.262. The summed E-state index contributed by atoms with van der Waals surface area (Å²) in [7, 11) is 0. The van der Waals surface area contributed by atoms with Crippen LogP contribution in [0.15, 0.2) is 67.0 Å². The lowest BCUT2D eigenvalue weighted by atomic mass is 10.0. The molecule has 0 fully saturated rings. The van der Waals surface area contributed by atoms with E-state index in [0.29, 0.717) is 27.8 Å². The zero-order valence-corrected chi connectivity index (χ0v) is 20.8. The van der Waals surface area contributed by atoms with E-state index in [4.69, 9.17) is 23.2 Å². The fraction of sp³-hybridized carbons (Fsp3) is 0.160. The molecule has 3 aromatic rings. The minimum absolute atomic E-state index is 0.212. The third-order valence-corrected chi connectivity index (χ3v) is 5.43. The number of hydrogen-bond donors (Lipinski definition) is 5. The van der Waals surface area contributed by atoms with Crippen LogP contribution in [-0.4, -0.2) is 40.5 Å². The van der Waals surface area contributed by atoms with E-state index < -0.39 is 42.8 Å². The smallest absolute Gasteiger partial charge is 0.319 e. The first-order valence-electron chi connectivity index (χ1n) is 11.0. The minimum Gasteiger partial charge on any atom is -0.481 e. The van der Waals surface area contributed by atoms with Crippen LogP contribution in [-0.2, 0) is 16.1 Å². The van der Waals surface area contributed by atoms with Gasteiger partial charge in [0.2, 0.25) is 5.91 Å². The van der Waals surface area contributed by atoms with Crippen LogP contribution in [0.3, 0.4) is 0 Å². The summed E-state index contributed by atoms with van der Waals surface area (Å²) in [5.74, 6) is -2.31. The number of rotatable bonds is 10. The fourth-order valence-electron chi connectivity index (χ4n) is 3.31. The monoisotopic (exact) mass is 543 g/mol. The fourth-order valence-corrected chi connectivity index (χ4v) is 3.85. The molecule has 0 saturated carbocycles. The van der Waals surface area contributed by atoms with E-state index in [-0.39, 0.29) is 5.56 Å². The van der Waals surface area contributed by atoms with E-state index in [9.17, 15) is 24.3 Å². The van der Waals surface area contributed by atoms with Gasteiger partial charge in [0.25, 0.3) is 5.91 Å². The Morgan fingerprint density at radius 3 is 2.30 bits per heavy atom. The molecule has 192 valence electrons. The molecule has 4 amide bonds. The molecule has 1 atom stereocenters. The summed E-state index contributed by atoms with van der Waals surface area (Å²) < 4.78 is 0. The molecule has 0 radical (unpaired) electrons. The summed E-state index contributed by atoms with van der Waals surface area (Å²) in [6.07, 6.45) is 2.83. The molecule has 0 spiro atoms. The number of carbonyl (C=O) groups excluding carboxylic acids is 3. The van der Waals surface area contributed by atoms with Gasteiger partial charge in [0.05, 0.1) is 19.0 Å². The lowest BCUT2D eigenvalue weighted by molar-refractivity contribution is -0.137. The van der Waals surface area contributed by atoms with Gasteiger partial charge in [-0.3, -0.25) is 19.4 Å². The normalized spacial score (nSPS) is 11.2. The van der Waals surface area contributed by atoms with E-state index >= 15 is 0 Å². The van der Waals surface area contributed by atoms with E-state index in [1.807, 2.05) is 0 Å². The number of aromatic nitrogens is 1. The van der Waals surface area contributed by atoms with Crippen molar-refractivity contribution in [3.8, 4) is 0 Å². The zero-order chi connectivity index (χ0) is 26.8. The zero-order valence-electron chi connectivity index (χ0n) is 19.3. The van der Waals surface area contributed by atoms with E-state index in [2.05, 4.69) is 26.3 Å². The number of carbonyl (C=O) groups is 4. The first kappa shape index (κ1) is 27.4. The van der Waals surface area contributed by atoms with E-state index in [1.165, 1.54) is 30.3 Å². The Bertz CT molecular complexity index is 1270. The van der Waals surface area contributed by atoms with Gasteiger partial charge < -0.3 is 26.4 Å². The first-order chi connectivity index (χ1) is 17.7. The van der Waals surface area contributed by atoms with Gasteiger partial charge in [0.15, 0.2) is 0 Å². The number of halogens is 2. The maximum Gasteiger partial charge on any atom is 0.319 e. The molecule has 3 rings (SSSR count). The second kappa shape index (κ2) is 13.2. The number of urea groups is 1. The largest absolute Gasteiger partial charge is 0.481 e. The lowest BCUT2D eigenvalue weighted by Gasteiger charge is -2.18. The maximum atomic E-state index is 12.6. The summed E-state index contributed by atoms with van der Waals surface area (Å²) in [5.41, 5.74) is 1.88. The highest BCUT2D eigenvalue weighted by Gasteiger charge is 2.20. The predicted octanol–water partition coefficient (Wildman–Crippen LogP) is 3.77. The average molecular weight is 544 g/mol. The lowest BCUT2D eigenvalue weighted by Crippen LogP contribution is -2.39. The molecule has 0 aliphatic carbocycles. The Morgan fingerprint density at radius 2 is 1.62 bits per heavy atom. The number of amides is 4. The maximum absolute atomic E-state index is 12.6. The number of pyridine rings is 1. The predicted molar refractivity (Wildman–Crippen MR) is 138 cm³/mol. The highest BCUT2D eigenvalue weighted by Crippen LogP contribution is 2.25. The summed E-state index contributed by atoms with van der Waals surface area (Å²) in [4.78, 5) is 52.4. The third-order valence-electron chi connectivity index (χ3n) is 5.00. The van der Waals surface area contributed by atoms with E-state index in [0.717, 1.165) is 5.56 Å². The molecule has 5 N–H and O–H groups in total. The average Bonchev–Trinajstić information content (AvgIpc) is 2.85. The van der Waals surface area contributed by atoms with Crippen LogP contribution < -0.4 is 21.3 Å². The summed E-state index contributed by atoms with van der Waals surface area (Å²) >= 11 is 12.0. The van der Waals surface area contributed by atoms with Crippen molar-refractivity contribution >= 4 is 52.7 Å². The van der Waals surface area contributed by atoms with Crippen LogP contribution in [0.2, 0.25) is 10.0 Å². The number of anilines is 1. The SMILES string of the molecule is O=C(O)CC(NC(=O)CNC(=O)c1cccc(NC(=O)NCc2ccncc2)c1)c1cc(Cl)cc(Cl)c1. The number of benzene rings is 2. The van der Waals surface area contributed by atoms with Crippen molar-refractivity contribution in [1.82, 2.24) is 20.9 Å². The molecular formula is C25H23Cl2N5O5. The van der Waals surface area contributed by atoms with Crippen LogP contribution in [0.25, 0.3) is 0 Å². The molecule has 1 unspecified atom stereocenters. The van der Waals surface area contributed by atoms with Gasteiger partial charge in [-0.25, -0.2) is 4.79 Å². The topological polar surface area (TPSA) is 150 Å². The molecule has 37 heavy (non-hydrogen) atoms. The van der Waals surface area contributed by atoms with Crippen molar-refractivity contribution in [3.05, 3.63) is 93.7 Å².